The van der Waals surface area contributed by atoms with Crippen molar-refractivity contribution in [2.45, 2.75) is 39.0 Å². The number of hydrogen-bond donors (Lipinski definition) is 2. The zero-order valence-electron chi connectivity index (χ0n) is 14.3. The van der Waals surface area contributed by atoms with Crippen molar-refractivity contribution in [3.63, 3.8) is 0 Å². The number of nitrogens with one attached hydrogen (secondary N) is 1. The molecule has 2 aromatic rings. The molecule has 1 aliphatic heterocycles. The Labute approximate surface area is 145 Å². The summed E-state index contributed by atoms with van der Waals surface area (Å²) in [4.78, 5) is 14.5. The summed E-state index contributed by atoms with van der Waals surface area (Å²) in [6, 6.07) is 6.09. The zero-order valence-corrected chi connectivity index (χ0v) is 14.3. The van der Waals surface area contributed by atoms with Crippen molar-refractivity contribution in [2.75, 3.05) is 13.2 Å². The lowest BCUT2D eigenvalue weighted by molar-refractivity contribution is -0.00703. The van der Waals surface area contributed by atoms with E-state index in [1.54, 1.807) is 12.1 Å². The van der Waals surface area contributed by atoms with Crippen LogP contribution in [0.5, 0.6) is 0 Å². The minimum atomic E-state index is -0.356. The number of aromatic amines is 1. The molecule has 1 aromatic carbocycles. The van der Waals surface area contributed by atoms with Crippen LogP contribution in [0.4, 0.5) is 4.39 Å². The molecule has 0 saturated heterocycles. The third-order valence-corrected chi connectivity index (χ3v) is 4.36. The highest BCUT2D eigenvalue weighted by Crippen LogP contribution is 2.30. The van der Waals surface area contributed by atoms with E-state index < -0.39 is 0 Å². The number of amides is 1. The first-order valence-corrected chi connectivity index (χ1v) is 8.36. The number of nitrogens with zero attached hydrogens (tertiary/aromatic N) is 2. The second-order valence-electron chi connectivity index (χ2n) is 6.34. The number of carbonyl (C=O) groups excluding carboxylic acids is 1. The van der Waals surface area contributed by atoms with Gasteiger partial charge in [0.1, 0.15) is 5.82 Å². The summed E-state index contributed by atoms with van der Waals surface area (Å²) >= 11 is 0. The van der Waals surface area contributed by atoms with Crippen LogP contribution in [0.1, 0.15) is 47.3 Å². The first-order valence-electron chi connectivity index (χ1n) is 8.36. The fourth-order valence-corrected chi connectivity index (χ4v) is 3.23. The Balaban J connectivity index is 1.86. The molecule has 0 aliphatic carbocycles. The number of aromatic nitrogens is 2. The standard InChI is InChI=1S/C18H22FN3O3/c1-11-8-15-16(12(2)25-11)20-21-17(15)18(24)22(6-7-23)10-13-4-3-5-14(19)9-13/h3-5,9,11-12,23H,6-8,10H2,1-2H3,(H,20,21)/t11-,12+/m1/s1. The highest BCUT2D eigenvalue weighted by molar-refractivity contribution is 5.94. The van der Waals surface area contributed by atoms with Crippen LogP contribution in [0.3, 0.4) is 0 Å². The third kappa shape index (κ3) is 3.72. The summed E-state index contributed by atoms with van der Waals surface area (Å²) in [5, 5.41) is 16.4. The maximum absolute atomic E-state index is 13.4. The monoisotopic (exact) mass is 347 g/mol. The number of aliphatic hydroxyl groups excluding tert-OH is 1. The predicted octanol–water partition coefficient (Wildman–Crippen LogP) is 2.21. The number of rotatable bonds is 5. The Morgan fingerprint density at radius 3 is 3.00 bits per heavy atom. The van der Waals surface area contributed by atoms with Gasteiger partial charge in [-0.15, -0.1) is 0 Å². The van der Waals surface area contributed by atoms with Crippen molar-refractivity contribution in [2.24, 2.45) is 0 Å². The lowest BCUT2D eigenvalue weighted by Gasteiger charge is -2.26. The first-order chi connectivity index (χ1) is 12.0. The number of hydrogen-bond acceptors (Lipinski definition) is 4. The number of benzene rings is 1. The van der Waals surface area contributed by atoms with Gasteiger partial charge in [0.25, 0.3) is 5.91 Å². The Morgan fingerprint density at radius 1 is 1.48 bits per heavy atom. The summed E-state index contributed by atoms with van der Waals surface area (Å²) < 4.78 is 19.1. The van der Waals surface area contributed by atoms with E-state index in [2.05, 4.69) is 10.2 Å². The molecule has 25 heavy (non-hydrogen) atoms. The molecule has 2 heterocycles. The summed E-state index contributed by atoms with van der Waals surface area (Å²) in [5.41, 5.74) is 2.69. The molecule has 1 aromatic heterocycles. The van der Waals surface area contributed by atoms with Gasteiger partial charge in [-0.3, -0.25) is 9.89 Å². The molecule has 0 bridgehead atoms. The SMILES string of the molecule is C[C@@H]1Cc2c(C(=O)N(CCO)Cc3cccc(F)c3)n[nH]c2[C@H](C)O1. The lowest BCUT2D eigenvalue weighted by atomic mass is 9.99. The first kappa shape index (κ1) is 17.6. The molecule has 7 heteroatoms. The maximum Gasteiger partial charge on any atom is 0.275 e. The molecule has 0 unspecified atom stereocenters. The average Bonchev–Trinajstić information content (AvgIpc) is 2.98. The van der Waals surface area contributed by atoms with Crippen molar-refractivity contribution >= 4 is 5.91 Å². The molecular formula is C18H22FN3O3. The van der Waals surface area contributed by atoms with Gasteiger partial charge >= 0.3 is 0 Å². The summed E-state index contributed by atoms with van der Waals surface area (Å²) in [6.45, 7) is 4.06. The van der Waals surface area contributed by atoms with Crippen LogP contribution in [-0.4, -0.2) is 45.4 Å². The number of fused-ring (bicyclic) bond motifs is 1. The molecule has 2 atom stereocenters. The highest BCUT2D eigenvalue weighted by atomic mass is 19.1. The fourth-order valence-electron chi connectivity index (χ4n) is 3.23. The van der Waals surface area contributed by atoms with E-state index in [9.17, 15) is 14.3 Å². The molecule has 0 radical (unpaired) electrons. The number of halogens is 1. The molecule has 1 aliphatic rings. The fraction of sp³-hybridized carbons (Fsp3) is 0.444. The number of H-pyrrole nitrogens is 1. The van der Waals surface area contributed by atoms with Crippen molar-refractivity contribution in [1.82, 2.24) is 15.1 Å². The van der Waals surface area contributed by atoms with Crippen LogP contribution in [0, 0.1) is 5.82 Å². The Kier molecular flexibility index (Phi) is 5.15. The van der Waals surface area contributed by atoms with Gasteiger partial charge in [-0.1, -0.05) is 12.1 Å². The van der Waals surface area contributed by atoms with Crippen LogP contribution < -0.4 is 0 Å². The normalized spacial score (nSPS) is 19.5. The topological polar surface area (TPSA) is 78.5 Å². The van der Waals surface area contributed by atoms with E-state index >= 15 is 0 Å². The lowest BCUT2D eigenvalue weighted by Crippen LogP contribution is -2.34. The molecule has 0 fully saturated rings. The maximum atomic E-state index is 13.4. The largest absolute Gasteiger partial charge is 0.395 e. The van der Waals surface area contributed by atoms with Crippen molar-refractivity contribution in [1.29, 1.82) is 0 Å². The van der Waals surface area contributed by atoms with Gasteiger partial charge in [0.05, 0.1) is 24.5 Å². The van der Waals surface area contributed by atoms with Crippen LogP contribution in [0.15, 0.2) is 24.3 Å². The van der Waals surface area contributed by atoms with Gasteiger partial charge < -0.3 is 14.7 Å². The molecule has 3 rings (SSSR count). The van der Waals surface area contributed by atoms with E-state index in [0.29, 0.717) is 17.7 Å². The summed E-state index contributed by atoms with van der Waals surface area (Å²) in [5.74, 6) is -0.636. The van der Waals surface area contributed by atoms with E-state index in [-0.39, 0.29) is 43.6 Å². The Hall–Kier alpha value is -2.25. The number of carbonyl (C=O) groups is 1. The van der Waals surface area contributed by atoms with Crippen LogP contribution in [-0.2, 0) is 17.7 Å². The minimum Gasteiger partial charge on any atom is -0.395 e. The average molecular weight is 347 g/mol. The van der Waals surface area contributed by atoms with Crippen LogP contribution in [0.2, 0.25) is 0 Å². The number of ether oxygens (including phenoxy) is 1. The van der Waals surface area contributed by atoms with Gasteiger partial charge in [0, 0.05) is 25.1 Å². The predicted molar refractivity (Wildman–Crippen MR) is 89.5 cm³/mol. The number of aliphatic hydroxyl groups is 1. The van der Waals surface area contributed by atoms with Gasteiger partial charge in [0.2, 0.25) is 0 Å². The molecular weight excluding hydrogens is 325 g/mol. The quantitative estimate of drug-likeness (QED) is 0.869. The van der Waals surface area contributed by atoms with Crippen LogP contribution >= 0.6 is 0 Å². The molecule has 0 spiro atoms. The Morgan fingerprint density at radius 2 is 2.28 bits per heavy atom. The van der Waals surface area contributed by atoms with Crippen LogP contribution in [0.25, 0.3) is 0 Å². The molecule has 2 N–H and O–H groups in total. The van der Waals surface area contributed by atoms with Crippen molar-refractivity contribution < 1.29 is 19.0 Å². The smallest absolute Gasteiger partial charge is 0.275 e. The molecule has 6 nitrogen and oxygen atoms in total. The summed E-state index contributed by atoms with van der Waals surface area (Å²) in [7, 11) is 0. The third-order valence-electron chi connectivity index (χ3n) is 4.36. The second kappa shape index (κ2) is 7.33. The zero-order chi connectivity index (χ0) is 18.0. The highest BCUT2D eigenvalue weighted by Gasteiger charge is 2.31. The van der Waals surface area contributed by atoms with Gasteiger partial charge in [-0.05, 0) is 31.5 Å². The summed E-state index contributed by atoms with van der Waals surface area (Å²) in [6.07, 6.45) is 0.452. The van der Waals surface area contributed by atoms with Gasteiger partial charge in [-0.2, -0.15) is 5.10 Å². The molecule has 134 valence electrons. The van der Waals surface area contributed by atoms with E-state index in [1.165, 1.54) is 17.0 Å². The van der Waals surface area contributed by atoms with E-state index in [1.807, 2.05) is 13.8 Å². The molecule has 1 amide bonds. The van der Waals surface area contributed by atoms with Gasteiger partial charge in [0.15, 0.2) is 5.69 Å². The van der Waals surface area contributed by atoms with E-state index in [0.717, 1.165) is 11.3 Å². The Bertz CT molecular complexity index is 762. The van der Waals surface area contributed by atoms with E-state index in [4.69, 9.17) is 4.74 Å². The minimum absolute atomic E-state index is 0.00108. The van der Waals surface area contributed by atoms with Crippen molar-refractivity contribution in [3.8, 4) is 0 Å². The van der Waals surface area contributed by atoms with Crippen molar-refractivity contribution in [3.05, 3.63) is 52.6 Å². The van der Waals surface area contributed by atoms with Gasteiger partial charge in [-0.25, -0.2) is 4.39 Å². The molecule has 0 saturated carbocycles. The second-order valence-corrected chi connectivity index (χ2v) is 6.34.